The molecule has 92 valence electrons. The molecule has 2 N–H and O–H groups in total. The lowest BCUT2D eigenvalue weighted by molar-refractivity contribution is 0.0697. The lowest BCUT2D eigenvalue weighted by Crippen LogP contribution is -2.29. The van der Waals surface area contributed by atoms with Crippen LogP contribution in [0.5, 0.6) is 0 Å². The first-order valence-electron chi connectivity index (χ1n) is 4.95. The number of nitrogens with zero attached hydrogens (tertiary/aromatic N) is 2. The average Bonchev–Trinajstić information content (AvgIpc) is 2.28. The van der Waals surface area contributed by atoms with Gasteiger partial charge in [-0.05, 0) is 22.0 Å². The number of carboxylic acid groups (broad SMARTS) is 1. The number of aromatic carboxylic acids is 1. The lowest BCUT2D eigenvalue weighted by atomic mass is 10.2. The Morgan fingerprint density at radius 2 is 2.35 bits per heavy atom. The predicted molar refractivity (Wildman–Crippen MR) is 68.4 cm³/mol. The molecule has 0 amide bonds. The zero-order valence-electron chi connectivity index (χ0n) is 9.14. The van der Waals surface area contributed by atoms with E-state index < -0.39 is 5.97 Å². The van der Waals surface area contributed by atoms with Crippen LogP contribution in [0.15, 0.2) is 29.4 Å². The summed E-state index contributed by atoms with van der Waals surface area (Å²) in [6.07, 6.45) is 3.15. The number of aromatic nitrogens is 1. The van der Waals surface area contributed by atoms with Crippen molar-refractivity contribution in [3.63, 3.8) is 0 Å². The van der Waals surface area contributed by atoms with Gasteiger partial charge in [0.25, 0.3) is 0 Å². The largest absolute Gasteiger partial charge is 0.478 e. The highest BCUT2D eigenvalue weighted by Gasteiger charge is 2.17. The maximum Gasteiger partial charge on any atom is 0.339 e. The monoisotopic (exact) mass is 300 g/mol. The minimum atomic E-state index is -1.05. The second kappa shape index (κ2) is 6.36. The molecule has 0 atom stereocenters. The molecule has 0 spiro atoms. The molecule has 1 aromatic rings. The summed E-state index contributed by atoms with van der Waals surface area (Å²) in [5.41, 5.74) is 0.0923. The molecule has 0 radical (unpaired) electrons. The summed E-state index contributed by atoms with van der Waals surface area (Å²) in [4.78, 5) is 16.8. The van der Waals surface area contributed by atoms with Gasteiger partial charge >= 0.3 is 5.97 Å². The number of halogens is 1. The molecule has 0 bridgehead atoms. The van der Waals surface area contributed by atoms with Crippen LogP contribution in [0.25, 0.3) is 0 Å². The van der Waals surface area contributed by atoms with Gasteiger partial charge in [-0.15, -0.1) is 6.58 Å². The molecule has 0 unspecified atom stereocenters. The van der Waals surface area contributed by atoms with Gasteiger partial charge in [-0.2, -0.15) is 0 Å². The second-order valence-electron chi connectivity index (χ2n) is 3.29. The molecular formula is C11H13BrN2O3. The first kappa shape index (κ1) is 13.7. The van der Waals surface area contributed by atoms with Crippen LogP contribution in [-0.4, -0.2) is 40.9 Å². The molecule has 0 fully saturated rings. The van der Waals surface area contributed by atoms with E-state index >= 15 is 0 Å². The van der Waals surface area contributed by atoms with E-state index in [-0.39, 0.29) is 12.2 Å². The molecular weight excluding hydrogens is 288 g/mol. The van der Waals surface area contributed by atoms with Gasteiger partial charge < -0.3 is 15.1 Å². The van der Waals surface area contributed by atoms with Crippen molar-refractivity contribution in [1.29, 1.82) is 0 Å². The second-order valence-corrected chi connectivity index (χ2v) is 4.20. The molecule has 1 aromatic heterocycles. The van der Waals surface area contributed by atoms with Gasteiger partial charge in [-0.1, -0.05) is 6.08 Å². The van der Waals surface area contributed by atoms with Crippen LogP contribution in [0.1, 0.15) is 10.4 Å². The van der Waals surface area contributed by atoms with E-state index in [9.17, 15) is 4.79 Å². The minimum absolute atomic E-state index is 0.0787. The van der Waals surface area contributed by atoms with Crippen LogP contribution >= 0.6 is 15.9 Å². The van der Waals surface area contributed by atoms with Crippen LogP contribution in [0.4, 0.5) is 5.82 Å². The Morgan fingerprint density at radius 3 is 2.88 bits per heavy atom. The van der Waals surface area contributed by atoms with Crippen LogP contribution in [-0.2, 0) is 0 Å². The number of pyridine rings is 1. The number of rotatable bonds is 6. The fourth-order valence-corrected chi connectivity index (χ4v) is 1.73. The van der Waals surface area contributed by atoms with E-state index in [0.717, 1.165) is 0 Å². The fraction of sp³-hybridized carbons (Fsp3) is 0.273. The number of hydrogen-bond donors (Lipinski definition) is 2. The smallest absolute Gasteiger partial charge is 0.339 e. The number of anilines is 1. The van der Waals surface area contributed by atoms with Crippen molar-refractivity contribution in [2.24, 2.45) is 0 Å². The molecule has 1 rings (SSSR count). The van der Waals surface area contributed by atoms with Gasteiger partial charge in [0.05, 0.1) is 6.61 Å². The van der Waals surface area contributed by atoms with Crippen LogP contribution in [0, 0.1) is 0 Å². The topological polar surface area (TPSA) is 73.7 Å². The predicted octanol–water partition coefficient (Wildman–Crippen LogP) is 1.53. The maximum atomic E-state index is 11.1. The number of carbonyl (C=O) groups is 1. The molecule has 0 aliphatic carbocycles. The number of aliphatic hydroxyl groups is 1. The molecule has 0 saturated carbocycles. The van der Waals surface area contributed by atoms with Crippen molar-refractivity contribution < 1.29 is 15.0 Å². The van der Waals surface area contributed by atoms with Crippen molar-refractivity contribution in [3.8, 4) is 0 Å². The van der Waals surface area contributed by atoms with E-state index in [1.165, 1.54) is 12.3 Å². The molecule has 0 aliphatic rings. The number of hydrogen-bond acceptors (Lipinski definition) is 4. The zero-order valence-corrected chi connectivity index (χ0v) is 10.7. The summed E-state index contributed by atoms with van der Waals surface area (Å²) in [5, 5.41) is 18.0. The summed E-state index contributed by atoms with van der Waals surface area (Å²) >= 11 is 3.18. The van der Waals surface area contributed by atoms with E-state index in [2.05, 4.69) is 27.5 Å². The molecule has 6 heteroatoms. The van der Waals surface area contributed by atoms with Gasteiger partial charge in [0.2, 0.25) is 0 Å². The normalized spacial score (nSPS) is 10.0. The third-order valence-corrected chi connectivity index (χ3v) is 2.52. The first-order chi connectivity index (χ1) is 8.10. The van der Waals surface area contributed by atoms with Crippen LogP contribution < -0.4 is 4.90 Å². The number of carboxylic acids is 1. The highest BCUT2D eigenvalue weighted by Crippen LogP contribution is 2.21. The Balaban J connectivity index is 3.16. The Bertz CT molecular complexity index is 423. The Kier molecular flexibility index (Phi) is 5.11. The zero-order chi connectivity index (χ0) is 12.8. The Morgan fingerprint density at radius 1 is 1.65 bits per heavy atom. The third-order valence-electron chi connectivity index (χ3n) is 2.08. The number of aliphatic hydroxyl groups excluding tert-OH is 1. The van der Waals surface area contributed by atoms with Crippen molar-refractivity contribution in [1.82, 2.24) is 4.98 Å². The van der Waals surface area contributed by atoms with Crippen molar-refractivity contribution in [2.75, 3.05) is 24.6 Å². The SMILES string of the molecule is C=CCN(CCO)c1ncc(Br)cc1C(=O)O. The van der Waals surface area contributed by atoms with E-state index in [4.69, 9.17) is 10.2 Å². The highest BCUT2D eigenvalue weighted by molar-refractivity contribution is 9.10. The van der Waals surface area contributed by atoms with Crippen LogP contribution in [0.3, 0.4) is 0 Å². The van der Waals surface area contributed by atoms with Crippen molar-refractivity contribution >= 4 is 27.7 Å². The Labute approximate surface area is 108 Å². The average molecular weight is 301 g/mol. The van der Waals surface area contributed by atoms with Gasteiger partial charge in [0.1, 0.15) is 11.4 Å². The molecule has 17 heavy (non-hydrogen) atoms. The fourth-order valence-electron chi connectivity index (χ4n) is 1.40. The summed E-state index contributed by atoms with van der Waals surface area (Å²) in [5.74, 6) is -0.726. The highest BCUT2D eigenvalue weighted by atomic mass is 79.9. The minimum Gasteiger partial charge on any atom is -0.478 e. The molecule has 0 aromatic carbocycles. The summed E-state index contributed by atoms with van der Waals surface area (Å²) in [6, 6.07) is 1.48. The molecule has 1 heterocycles. The third kappa shape index (κ3) is 3.54. The van der Waals surface area contributed by atoms with Crippen LogP contribution in [0.2, 0.25) is 0 Å². The summed E-state index contributed by atoms with van der Waals surface area (Å²) in [7, 11) is 0. The lowest BCUT2D eigenvalue weighted by Gasteiger charge is -2.22. The van der Waals surface area contributed by atoms with Gasteiger partial charge in [-0.3, -0.25) is 0 Å². The quantitative estimate of drug-likeness (QED) is 0.780. The molecule has 0 saturated heterocycles. The van der Waals surface area contributed by atoms with E-state index in [1.807, 2.05) is 0 Å². The Hall–Kier alpha value is -1.40. The van der Waals surface area contributed by atoms with Gasteiger partial charge in [0.15, 0.2) is 0 Å². The maximum absolute atomic E-state index is 11.1. The first-order valence-corrected chi connectivity index (χ1v) is 5.75. The van der Waals surface area contributed by atoms with Crippen molar-refractivity contribution in [3.05, 3.63) is 35.0 Å². The summed E-state index contributed by atoms with van der Waals surface area (Å²) < 4.78 is 0.598. The van der Waals surface area contributed by atoms with Gasteiger partial charge in [0, 0.05) is 23.8 Å². The van der Waals surface area contributed by atoms with Gasteiger partial charge in [-0.25, -0.2) is 9.78 Å². The van der Waals surface area contributed by atoms with E-state index in [0.29, 0.717) is 23.4 Å². The molecule has 5 nitrogen and oxygen atoms in total. The molecule has 0 aliphatic heterocycles. The van der Waals surface area contributed by atoms with E-state index in [1.54, 1.807) is 11.0 Å². The summed E-state index contributed by atoms with van der Waals surface area (Å²) in [6.45, 7) is 4.25. The standard InChI is InChI=1S/C11H13BrN2O3/c1-2-3-14(4-5-15)10-9(11(16)17)6-8(12)7-13-10/h2,6-7,15H,1,3-5H2,(H,16,17). The van der Waals surface area contributed by atoms with Crippen molar-refractivity contribution in [2.45, 2.75) is 0 Å².